The molecule has 0 saturated carbocycles. The maximum Gasteiger partial charge on any atom is 0.187 e. The number of halogens is 1. The molecule has 1 saturated heterocycles. The fraction of sp³-hybridized carbons (Fsp3) is 0.556. The van der Waals surface area contributed by atoms with Gasteiger partial charge < -0.3 is 10.0 Å². The van der Waals surface area contributed by atoms with E-state index in [1.807, 2.05) is 4.90 Å². The number of hydrogen-bond donors (Lipinski definition) is 1. The highest BCUT2D eigenvalue weighted by Gasteiger charge is 2.33. The molecule has 1 atom stereocenters. The van der Waals surface area contributed by atoms with Gasteiger partial charge in [-0.15, -0.1) is 0 Å². The van der Waals surface area contributed by atoms with Crippen molar-refractivity contribution in [2.45, 2.75) is 18.9 Å². The van der Waals surface area contributed by atoms with E-state index in [9.17, 15) is 9.90 Å². The summed E-state index contributed by atoms with van der Waals surface area (Å²) < 4.78 is 0. The first-order chi connectivity index (χ1) is 7.02. The van der Waals surface area contributed by atoms with Crippen molar-refractivity contribution in [1.29, 1.82) is 0 Å². The van der Waals surface area contributed by atoms with Crippen molar-refractivity contribution in [3.63, 3.8) is 0 Å². The molecule has 4 nitrogen and oxygen atoms in total. The molecule has 0 bridgehead atoms. The summed E-state index contributed by atoms with van der Waals surface area (Å²) in [7, 11) is 0. The molecule has 2 rings (SSSR count). The van der Waals surface area contributed by atoms with Gasteiger partial charge in [-0.05, 0) is 13.3 Å². The summed E-state index contributed by atoms with van der Waals surface area (Å²) in [5.41, 5.74) is -0.667. The summed E-state index contributed by atoms with van der Waals surface area (Å²) in [5, 5.41) is 10.7. The summed E-state index contributed by atoms with van der Waals surface area (Å²) in [4.78, 5) is 17.1. The Bertz CT molecular complexity index is 391. The average Bonchev–Trinajstić information content (AvgIpc) is 2.69. The van der Waals surface area contributed by atoms with Gasteiger partial charge in [0.05, 0.1) is 5.60 Å². The highest BCUT2D eigenvalue weighted by molar-refractivity contribution is 7.17. The molecule has 1 N–H and O–H groups in total. The molecule has 0 spiro atoms. The third-order valence-electron chi connectivity index (χ3n) is 2.43. The molecule has 0 radical (unpaired) electrons. The SMILES string of the molecule is CC1(O)CCN(c2nc(Cl)c(C=O)s2)C1. The summed E-state index contributed by atoms with van der Waals surface area (Å²) in [6.45, 7) is 3.08. The minimum Gasteiger partial charge on any atom is -0.388 e. The molecule has 1 aliphatic rings. The van der Waals surface area contributed by atoms with Crippen LogP contribution in [0, 0.1) is 0 Å². The van der Waals surface area contributed by atoms with Gasteiger partial charge in [-0.1, -0.05) is 22.9 Å². The second kappa shape index (κ2) is 3.73. The van der Waals surface area contributed by atoms with Gasteiger partial charge in [0.1, 0.15) is 4.88 Å². The number of aliphatic hydroxyl groups is 1. The van der Waals surface area contributed by atoms with Crippen LogP contribution in [-0.2, 0) is 0 Å². The number of rotatable bonds is 2. The fourth-order valence-electron chi connectivity index (χ4n) is 1.62. The quantitative estimate of drug-likeness (QED) is 0.805. The van der Waals surface area contributed by atoms with Crippen molar-refractivity contribution in [2.75, 3.05) is 18.0 Å². The first-order valence-electron chi connectivity index (χ1n) is 4.61. The maximum absolute atomic E-state index is 10.6. The highest BCUT2D eigenvalue weighted by Crippen LogP contribution is 2.32. The van der Waals surface area contributed by atoms with E-state index in [2.05, 4.69) is 4.98 Å². The first-order valence-corrected chi connectivity index (χ1v) is 5.80. The van der Waals surface area contributed by atoms with Crippen LogP contribution in [0.5, 0.6) is 0 Å². The molecule has 1 aliphatic heterocycles. The Morgan fingerprint density at radius 1 is 1.73 bits per heavy atom. The van der Waals surface area contributed by atoms with E-state index in [1.165, 1.54) is 11.3 Å². The molecule has 1 fully saturated rings. The van der Waals surface area contributed by atoms with Crippen LogP contribution in [0.3, 0.4) is 0 Å². The van der Waals surface area contributed by atoms with E-state index >= 15 is 0 Å². The maximum atomic E-state index is 10.6. The summed E-state index contributed by atoms with van der Waals surface area (Å²) in [6, 6.07) is 0. The normalized spacial score (nSPS) is 25.9. The minimum atomic E-state index is -0.667. The standard InChI is InChI=1S/C9H11ClN2O2S/c1-9(14)2-3-12(5-9)8-11-7(10)6(4-13)15-8/h4,14H,2-3,5H2,1H3. The van der Waals surface area contributed by atoms with Gasteiger partial charge in [-0.3, -0.25) is 4.79 Å². The zero-order valence-corrected chi connectivity index (χ0v) is 9.81. The van der Waals surface area contributed by atoms with Crippen LogP contribution >= 0.6 is 22.9 Å². The third-order valence-corrected chi connectivity index (χ3v) is 3.87. The molecule has 6 heteroatoms. The van der Waals surface area contributed by atoms with Gasteiger partial charge in [0.15, 0.2) is 16.6 Å². The van der Waals surface area contributed by atoms with Crippen LogP contribution in [0.4, 0.5) is 5.13 Å². The Morgan fingerprint density at radius 2 is 2.47 bits per heavy atom. The van der Waals surface area contributed by atoms with Crippen LogP contribution in [0.15, 0.2) is 0 Å². The number of aldehydes is 1. The molecule has 2 heterocycles. The monoisotopic (exact) mass is 246 g/mol. The number of nitrogens with zero attached hydrogens (tertiary/aromatic N) is 2. The predicted molar refractivity (Wildman–Crippen MR) is 60.0 cm³/mol. The van der Waals surface area contributed by atoms with Crippen molar-refractivity contribution >= 4 is 34.4 Å². The van der Waals surface area contributed by atoms with Crippen molar-refractivity contribution in [3.05, 3.63) is 10.0 Å². The Hall–Kier alpha value is -0.650. The van der Waals surface area contributed by atoms with E-state index in [0.29, 0.717) is 29.3 Å². The lowest BCUT2D eigenvalue weighted by molar-refractivity contribution is 0.0839. The molecular formula is C9H11ClN2O2S. The van der Waals surface area contributed by atoms with E-state index in [4.69, 9.17) is 11.6 Å². The largest absolute Gasteiger partial charge is 0.388 e. The van der Waals surface area contributed by atoms with E-state index < -0.39 is 5.60 Å². The van der Waals surface area contributed by atoms with Gasteiger partial charge >= 0.3 is 0 Å². The molecule has 1 aromatic heterocycles. The lowest BCUT2D eigenvalue weighted by atomic mass is 10.1. The topological polar surface area (TPSA) is 53.4 Å². The number of aromatic nitrogens is 1. The molecule has 82 valence electrons. The van der Waals surface area contributed by atoms with Gasteiger partial charge in [0.2, 0.25) is 0 Å². The number of anilines is 1. The summed E-state index contributed by atoms with van der Waals surface area (Å²) in [5.74, 6) is 0. The van der Waals surface area contributed by atoms with Gasteiger partial charge in [-0.25, -0.2) is 4.98 Å². The zero-order chi connectivity index (χ0) is 11.1. The highest BCUT2D eigenvalue weighted by atomic mass is 35.5. The number of carbonyl (C=O) groups excluding carboxylic acids is 1. The summed E-state index contributed by atoms with van der Waals surface area (Å²) in [6.07, 6.45) is 1.42. The lowest BCUT2D eigenvalue weighted by Crippen LogP contribution is -2.29. The second-order valence-electron chi connectivity index (χ2n) is 3.94. The Morgan fingerprint density at radius 3 is 2.93 bits per heavy atom. The molecule has 0 aliphatic carbocycles. The third kappa shape index (κ3) is 2.14. The van der Waals surface area contributed by atoms with Gasteiger partial charge in [0.25, 0.3) is 0 Å². The number of carbonyl (C=O) groups is 1. The first kappa shape index (κ1) is 10.9. The van der Waals surface area contributed by atoms with Crippen LogP contribution in [0.25, 0.3) is 0 Å². The molecule has 15 heavy (non-hydrogen) atoms. The van der Waals surface area contributed by atoms with Gasteiger partial charge in [0, 0.05) is 13.1 Å². The van der Waals surface area contributed by atoms with Crippen LogP contribution in [-0.4, -0.2) is 35.1 Å². The summed E-state index contributed by atoms with van der Waals surface area (Å²) >= 11 is 7.03. The minimum absolute atomic E-state index is 0.247. The lowest BCUT2D eigenvalue weighted by Gasteiger charge is -2.17. The van der Waals surface area contributed by atoms with Crippen molar-refractivity contribution in [3.8, 4) is 0 Å². The van der Waals surface area contributed by atoms with E-state index in [0.717, 1.165) is 6.54 Å². The zero-order valence-electron chi connectivity index (χ0n) is 8.23. The van der Waals surface area contributed by atoms with Crippen molar-refractivity contribution in [2.24, 2.45) is 0 Å². The Labute approximate surface area is 96.5 Å². The number of hydrogen-bond acceptors (Lipinski definition) is 5. The predicted octanol–water partition coefficient (Wildman–Crippen LogP) is 1.57. The van der Waals surface area contributed by atoms with Crippen LogP contribution < -0.4 is 4.90 Å². The van der Waals surface area contributed by atoms with Crippen molar-refractivity contribution < 1.29 is 9.90 Å². The molecule has 0 aromatic carbocycles. The number of thiazole rings is 1. The molecule has 1 aromatic rings. The smallest absolute Gasteiger partial charge is 0.187 e. The second-order valence-corrected chi connectivity index (χ2v) is 5.30. The van der Waals surface area contributed by atoms with Crippen LogP contribution in [0.2, 0.25) is 5.15 Å². The average molecular weight is 247 g/mol. The fourth-order valence-corrected chi connectivity index (χ4v) is 2.71. The molecule has 1 unspecified atom stereocenters. The van der Waals surface area contributed by atoms with Crippen molar-refractivity contribution in [1.82, 2.24) is 4.98 Å². The molecule has 0 amide bonds. The van der Waals surface area contributed by atoms with Gasteiger partial charge in [-0.2, -0.15) is 0 Å². The van der Waals surface area contributed by atoms with E-state index in [1.54, 1.807) is 6.92 Å². The Balaban J connectivity index is 2.20. The van der Waals surface area contributed by atoms with Crippen LogP contribution in [0.1, 0.15) is 23.0 Å². The van der Waals surface area contributed by atoms with E-state index in [-0.39, 0.29) is 5.15 Å². The molecular weight excluding hydrogens is 236 g/mol. The Kier molecular flexibility index (Phi) is 2.70. The number of β-amino-alcohol motifs (C(OH)–C–C–N with tert-alkyl or cyclic N) is 1.